The maximum atomic E-state index is 10.8. The standard InChI is InChI=1S/C11H13BrO2/c1-11(2,3)14-10-8(7-13)5-4-6-9(10)12/h4-7H,1-3H3. The van der Waals surface area contributed by atoms with Gasteiger partial charge in [0, 0.05) is 0 Å². The molecule has 0 aromatic heterocycles. The van der Waals surface area contributed by atoms with Crippen LogP contribution < -0.4 is 4.74 Å². The largest absolute Gasteiger partial charge is 0.486 e. The van der Waals surface area contributed by atoms with Crippen molar-refractivity contribution in [1.29, 1.82) is 0 Å². The summed E-state index contributed by atoms with van der Waals surface area (Å²) in [6, 6.07) is 5.40. The highest BCUT2D eigenvalue weighted by molar-refractivity contribution is 9.10. The molecule has 0 atom stereocenters. The number of benzene rings is 1. The molecule has 0 aliphatic heterocycles. The third-order valence-corrected chi connectivity index (χ3v) is 2.16. The maximum absolute atomic E-state index is 10.8. The average Bonchev–Trinajstić information content (AvgIpc) is 2.06. The fourth-order valence-electron chi connectivity index (χ4n) is 1.03. The minimum atomic E-state index is -0.304. The van der Waals surface area contributed by atoms with Crippen LogP contribution in [0.3, 0.4) is 0 Å². The van der Waals surface area contributed by atoms with E-state index in [-0.39, 0.29) is 5.60 Å². The molecule has 76 valence electrons. The molecule has 0 fully saturated rings. The molecule has 2 nitrogen and oxygen atoms in total. The van der Waals surface area contributed by atoms with E-state index in [1.54, 1.807) is 6.07 Å². The quantitative estimate of drug-likeness (QED) is 0.758. The van der Waals surface area contributed by atoms with Gasteiger partial charge in [0.2, 0.25) is 0 Å². The van der Waals surface area contributed by atoms with Gasteiger partial charge >= 0.3 is 0 Å². The summed E-state index contributed by atoms with van der Waals surface area (Å²) in [5.74, 6) is 0.606. The van der Waals surface area contributed by atoms with Crippen LogP contribution in [0.25, 0.3) is 0 Å². The van der Waals surface area contributed by atoms with Gasteiger partial charge in [0.1, 0.15) is 11.4 Å². The van der Waals surface area contributed by atoms with Gasteiger partial charge in [-0.05, 0) is 48.8 Å². The third-order valence-electron chi connectivity index (χ3n) is 1.53. The third kappa shape index (κ3) is 2.84. The van der Waals surface area contributed by atoms with Crippen molar-refractivity contribution in [3.63, 3.8) is 0 Å². The van der Waals surface area contributed by atoms with E-state index >= 15 is 0 Å². The molecule has 0 spiro atoms. The Balaban J connectivity index is 3.11. The molecule has 0 amide bonds. The summed E-state index contributed by atoms with van der Waals surface area (Å²) in [5.41, 5.74) is 0.260. The monoisotopic (exact) mass is 256 g/mol. The van der Waals surface area contributed by atoms with Gasteiger partial charge in [-0.3, -0.25) is 4.79 Å². The SMILES string of the molecule is CC(C)(C)Oc1c(Br)cccc1C=O. The van der Waals surface area contributed by atoms with E-state index in [9.17, 15) is 4.79 Å². The van der Waals surface area contributed by atoms with Crippen molar-refractivity contribution >= 4 is 22.2 Å². The number of aldehydes is 1. The number of carbonyl (C=O) groups is 1. The normalized spacial score (nSPS) is 11.1. The number of halogens is 1. The lowest BCUT2D eigenvalue weighted by atomic mass is 10.1. The molecule has 0 unspecified atom stereocenters. The summed E-state index contributed by atoms with van der Waals surface area (Å²) in [7, 11) is 0. The van der Waals surface area contributed by atoms with E-state index in [0.717, 1.165) is 10.8 Å². The van der Waals surface area contributed by atoms with Crippen LogP contribution in [0.4, 0.5) is 0 Å². The first-order valence-electron chi connectivity index (χ1n) is 4.37. The summed E-state index contributed by atoms with van der Waals surface area (Å²) in [4.78, 5) is 10.8. The molecule has 3 heteroatoms. The Kier molecular flexibility index (Phi) is 3.32. The number of hydrogen-bond acceptors (Lipinski definition) is 2. The first-order chi connectivity index (χ1) is 6.44. The predicted molar refractivity (Wildman–Crippen MR) is 59.9 cm³/mol. The van der Waals surface area contributed by atoms with Gasteiger partial charge in [0.15, 0.2) is 6.29 Å². The molecule has 1 rings (SSSR count). The van der Waals surface area contributed by atoms with Crippen molar-refractivity contribution in [2.24, 2.45) is 0 Å². The summed E-state index contributed by atoms with van der Waals surface area (Å²) in [5, 5.41) is 0. The number of carbonyl (C=O) groups excluding carboxylic acids is 1. The second-order valence-corrected chi connectivity index (χ2v) is 4.84. The van der Waals surface area contributed by atoms with E-state index in [0.29, 0.717) is 11.3 Å². The van der Waals surface area contributed by atoms with Crippen LogP contribution in [-0.4, -0.2) is 11.9 Å². The summed E-state index contributed by atoms with van der Waals surface area (Å²) < 4.78 is 6.48. The molecule has 0 aliphatic rings. The number of hydrogen-bond donors (Lipinski definition) is 0. The summed E-state index contributed by atoms with van der Waals surface area (Å²) in [6.45, 7) is 5.84. The lowest BCUT2D eigenvalue weighted by molar-refractivity contribution is 0.109. The van der Waals surface area contributed by atoms with Crippen LogP contribution in [0, 0.1) is 0 Å². The van der Waals surface area contributed by atoms with E-state index < -0.39 is 0 Å². The van der Waals surface area contributed by atoms with Gasteiger partial charge in [-0.15, -0.1) is 0 Å². The van der Waals surface area contributed by atoms with Crippen molar-refractivity contribution in [2.45, 2.75) is 26.4 Å². The summed E-state index contributed by atoms with van der Waals surface area (Å²) in [6.07, 6.45) is 0.797. The molecule has 0 saturated heterocycles. The molecule has 0 aliphatic carbocycles. The van der Waals surface area contributed by atoms with Crippen molar-refractivity contribution in [1.82, 2.24) is 0 Å². The van der Waals surface area contributed by atoms with Gasteiger partial charge in [0.05, 0.1) is 10.0 Å². The molecule has 1 aromatic rings. The Labute approximate surface area is 92.4 Å². The Morgan fingerprint density at radius 2 is 2.00 bits per heavy atom. The smallest absolute Gasteiger partial charge is 0.153 e. The second kappa shape index (κ2) is 4.13. The second-order valence-electron chi connectivity index (χ2n) is 3.99. The molecular formula is C11H13BrO2. The first kappa shape index (κ1) is 11.2. The fourth-order valence-corrected chi connectivity index (χ4v) is 1.49. The maximum Gasteiger partial charge on any atom is 0.153 e. The predicted octanol–water partition coefficient (Wildman–Crippen LogP) is 3.44. The highest BCUT2D eigenvalue weighted by Gasteiger charge is 2.16. The highest BCUT2D eigenvalue weighted by Crippen LogP contribution is 2.30. The van der Waals surface area contributed by atoms with E-state index in [1.807, 2.05) is 32.9 Å². The van der Waals surface area contributed by atoms with Gasteiger partial charge in [-0.2, -0.15) is 0 Å². The molecule has 0 saturated carbocycles. The zero-order chi connectivity index (χ0) is 10.8. The van der Waals surface area contributed by atoms with E-state index in [1.165, 1.54) is 0 Å². The average molecular weight is 257 g/mol. The molecule has 0 heterocycles. The molecule has 0 radical (unpaired) electrons. The molecule has 1 aromatic carbocycles. The molecule has 0 N–H and O–H groups in total. The van der Waals surface area contributed by atoms with Crippen LogP contribution in [0.1, 0.15) is 31.1 Å². The molecule has 14 heavy (non-hydrogen) atoms. The van der Waals surface area contributed by atoms with E-state index in [4.69, 9.17) is 4.74 Å². The minimum absolute atomic E-state index is 0.304. The zero-order valence-corrected chi connectivity index (χ0v) is 10.1. The molecule has 0 bridgehead atoms. The Morgan fingerprint density at radius 3 is 2.50 bits per heavy atom. The fraction of sp³-hybridized carbons (Fsp3) is 0.364. The van der Waals surface area contributed by atoms with Gasteiger partial charge in [-0.1, -0.05) is 6.07 Å². The van der Waals surface area contributed by atoms with Crippen molar-refractivity contribution in [3.8, 4) is 5.75 Å². The van der Waals surface area contributed by atoms with Crippen LogP contribution in [0.15, 0.2) is 22.7 Å². The summed E-state index contributed by atoms with van der Waals surface area (Å²) >= 11 is 3.36. The number of para-hydroxylation sites is 1. The number of rotatable bonds is 2. The van der Waals surface area contributed by atoms with Gasteiger partial charge in [-0.25, -0.2) is 0 Å². The van der Waals surface area contributed by atoms with Crippen molar-refractivity contribution in [3.05, 3.63) is 28.2 Å². The van der Waals surface area contributed by atoms with Crippen LogP contribution in [0.2, 0.25) is 0 Å². The topological polar surface area (TPSA) is 26.3 Å². The Morgan fingerprint density at radius 1 is 1.36 bits per heavy atom. The van der Waals surface area contributed by atoms with Crippen LogP contribution in [-0.2, 0) is 0 Å². The number of ether oxygens (including phenoxy) is 1. The van der Waals surface area contributed by atoms with Crippen molar-refractivity contribution in [2.75, 3.05) is 0 Å². The highest BCUT2D eigenvalue weighted by atomic mass is 79.9. The first-order valence-corrected chi connectivity index (χ1v) is 5.16. The minimum Gasteiger partial charge on any atom is -0.486 e. The Bertz CT molecular complexity index is 340. The zero-order valence-electron chi connectivity index (χ0n) is 8.50. The van der Waals surface area contributed by atoms with Crippen molar-refractivity contribution < 1.29 is 9.53 Å². The van der Waals surface area contributed by atoms with Crippen LogP contribution in [0.5, 0.6) is 5.75 Å². The van der Waals surface area contributed by atoms with E-state index in [2.05, 4.69) is 15.9 Å². The lowest BCUT2D eigenvalue weighted by Gasteiger charge is -2.23. The van der Waals surface area contributed by atoms with Gasteiger partial charge < -0.3 is 4.74 Å². The lowest BCUT2D eigenvalue weighted by Crippen LogP contribution is -2.23. The Hall–Kier alpha value is -0.830. The van der Waals surface area contributed by atoms with Crippen LogP contribution >= 0.6 is 15.9 Å². The molecular weight excluding hydrogens is 244 g/mol. The van der Waals surface area contributed by atoms with Gasteiger partial charge in [0.25, 0.3) is 0 Å².